The standard InChI is InChI=1S/C20H28BrN3O2/c1-14-11-15(21)12-22-18(14)23-9-2-7-20(13-23)8-10-24(19(20)26)16-3-5-17(25)6-4-16/h11-12,16-17,25H,2-10,13H2,1H3/t16-,17+,20-/m1/s1. The third-order valence-electron chi connectivity index (χ3n) is 6.55. The maximum Gasteiger partial charge on any atom is 0.230 e. The smallest absolute Gasteiger partial charge is 0.230 e. The number of rotatable bonds is 2. The molecule has 1 aromatic rings. The first-order chi connectivity index (χ1) is 12.5. The van der Waals surface area contributed by atoms with E-state index in [1.165, 1.54) is 0 Å². The fourth-order valence-electron chi connectivity index (χ4n) is 5.12. The second kappa shape index (κ2) is 7.12. The SMILES string of the molecule is Cc1cc(Br)cnc1N1CCC[C@@]2(CCN([C@H]3CC[C@@H](O)CC3)C2=O)C1. The minimum atomic E-state index is -0.241. The zero-order valence-electron chi connectivity index (χ0n) is 15.5. The van der Waals surface area contributed by atoms with E-state index >= 15 is 0 Å². The average molecular weight is 422 g/mol. The molecule has 142 valence electrons. The van der Waals surface area contributed by atoms with Crippen LogP contribution in [0, 0.1) is 12.3 Å². The minimum Gasteiger partial charge on any atom is -0.393 e. The number of amides is 1. The van der Waals surface area contributed by atoms with Gasteiger partial charge in [-0.15, -0.1) is 0 Å². The van der Waals surface area contributed by atoms with Gasteiger partial charge in [0.25, 0.3) is 0 Å². The molecule has 2 aliphatic heterocycles. The monoisotopic (exact) mass is 421 g/mol. The van der Waals surface area contributed by atoms with Crippen LogP contribution in [0.3, 0.4) is 0 Å². The molecule has 3 fully saturated rings. The molecule has 4 rings (SSSR count). The molecule has 1 aliphatic carbocycles. The highest BCUT2D eigenvalue weighted by molar-refractivity contribution is 9.10. The molecule has 1 aromatic heterocycles. The fraction of sp³-hybridized carbons (Fsp3) is 0.700. The maximum absolute atomic E-state index is 13.4. The third-order valence-corrected chi connectivity index (χ3v) is 6.98. The lowest BCUT2D eigenvalue weighted by molar-refractivity contribution is -0.139. The number of anilines is 1. The van der Waals surface area contributed by atoms with Crippen LogP contribution >= 0.6 is 15.9 Å². The molecule has 0 aromatic carbocycles. The number of carbonyl (C=O) groups is 1. The summed E-state index contributed by atoms with van der Waals surface area (Å²) in [4.78, 5) is 22.5. The number of aliphatic hydroxyl groups excluding tert-OH is 1. The highest BCUT2D eigenvalue weighted by Gasteiger charge is 2.50. The number of halogens is 1. The van der Waals surface area contributed by atoms with Gasteiger partial charge in [-0.05, 0) is 79.4 Å². The minimum absolute atomic E-state index is 0.172. The van der Waals surface area contributed by atoms with E-state index < -0.39 is 0 Å². The van der Waals surface area contributed by atoms with Crippen LogP contribution in [0.5, 0.6) is 0 Å². The van der Waals surface area contributed by atoms with Crippen LogP contribution in [-0.2, 0) is 4.79 Å². The summed E-state index contributed by atoms with van der Waals surface area (Å²) in [6, 6.07) is 2.42. The van der Waals surface area contributed by atoms with Gasteiger partial charge in [-0.1, -0.05) is 0 Å². The molecular formula is C20H28BrN3O2. The van der Waals surface area contributed by atoms with Gasteiger partial charge in [-0.25, -0.2) is 4.98 Å². The summed E-state index contributed by atoms with van der Waals surface area (Å²) in [5.74, 6) is 1.36. The first-order valence-electron chi connectivity index (χ1n) is 9.85. The van der Waals surface area contributed by atoms with Gasteiger partial charge in [0.2, 0.25) is 5.91 Å². The zero-order chi connectivity index (χ0) is 18.3. The van der Waals surface area contributed by atoms with E-state index in [4.69, 9.17) is 0 Å². The summed E-state index contributed by atoms with van der Waals surface area (Å²) >= 11 is 3.49. The van der Waals surface area contributed by atoms with E-state index in [9.17, 15) is 9.90 Å². The van der Waals surface area contributed by atoms with Gasteiger partial charge < -0.3 is 14.9 Å². The number of hydrogen-bond donors (Lipinski definition) is 1. The zero-order valence-corrected chi connectivity index (χ0v) is 17.0. The molecule has 3 aliphatic rings. The van der Waals surface area contributed by atoms with Crippen LogP contribution in [-0.4, -0.2) is 52.7 Å². The number of hydrogen-bond acceptors (Lipinski definition) is 4. The summed E-state index contributed by atoms with van der Waals surface area (Å²) in [6.45, 7) is 4.72. The Labute approximate surface area is 163 Å². The quantitative estimate of drug-likeness (QED) is 0.795. The normalized spacial score (nSPS) is 32.5. The van der Waals surface area contributed by atoms with Gasteiger partial charge in [0.15, 0.2) is 0 Å². The van der Waals surface area contributed by atoms with Gasteiger partial charge in [-0.2, -0.15) is 0 Å². The Balaban J connectivity index is 1.50. The van der Waals surface area contributed by atoms with E-state index in [2.05, 4.69) is 43.7 Å². The van der Waals surface area contributed by atoms with Crippen molar-refractivity contribution in [3.63, 3.8) is 0 Å². The number of piperidine rings is 1. The summed E-state index contributed by atoms with van der Waals surface area (Å²) in [5, 5.41) is 9.76. The second-order valence-electron chi connectivity index (χ2n) is 8.31. The van der Waals surface area contributed by atoms with Crippen LogP contribution in [0.25, 0.3) is 0 Å². The summed E-state index contributed by atoms with van der Waals surface area (Å²) in [6.07, 6.45) is 8.21. The van der Waals surface area contributed by atoms with E-state index in [1.54, 1.807) is 0 Å². The van der Waals surface area contributed by atoms with Crippen molar-refractivity contribution in [1.82, 2.24) is 9.88 Å². The first-order valence-corrected chi connectivity index (χ1v) is 10.6. The van der Waals surface area contributed by atoms with Crippen molar-refractivity contribution in [3.8, 4) is 0 Å². The summed E-state index contributed by atoms with van der Waals surface area (Å²) in [7, 11) is 0. The molecule has 26 heavy (non-hydrogen) atoms. The van der Waals surface area contributed by atoms with Gasteiger partial charge in [0.1, 0.15) is 5.82 Å². The Bertz CT molecular complexity index is 690. The van der Waals surface area contributed by atoms with E-state index in [-0.39, 0.29) is 11.5 Å². The van der Waals surface area contributed by atoms with Crippen LogP contribution < -0.4 is 4.90 Å². The molecule has 3 heterocycles. The van der Waals surface area contributed by atoms with Crippen LogP contribution in [0.4, 0.5) is 5.82 Å². The van der Waals surface area contributed by atoms with Crippen molar-refractivity contribution < 1.29 is 9.90 Å². The van der Waals surface area contributed by atoms with Gasteiger partial charge in [0, 0.05) is 36.3 Å². The van der Waals surface area contributed by atoms with Crippen LogP contribution in [0.1, 0.15) is 50.5 Å². The molecule has 5 nitrogen and oxygen atoms in total. The molecule has 1 N–H and O–H groups in total. The molecule has 0 bridgehead atoms. The Morgan fingerprint density at radius 1 is 1.23 bits per heavy atom. The van der Waals surface area contributed by atoms with Gasteiger partial charge in [-0.3, -0.25) is 4.79 Å². The largest absolute Gasteiger partial charge is 0.393 e. The number of nitrogens with zero attached hydrogens (tertiary/aromatic N) is 3. The number of likely N-dealkylation sites (tertiary alicyclic amines) is 1. The Kier molecular flexibility index (Phi) is 4.99. The molecule has 1 amide bonds. The topological polar surface area (TPSA) is 56.7 Å². The molecular weight excluding hydrogens is 394 g/mol. The lowest BCUT2D eigenvalue weighted by Gasteiger charge is -2.41. The fourth-order valence-corrected chi connectivity index (χ4v) is 5.57. The number of aromatic nitrogens is 1. The Morgan fingerprint density at radius 3 is 2.73 bits per heavy atom. The molecule has 0 radical (unpaired) electrons. The summed E-state index contributed by atoms with van der Waals surface area (Å²) < 4.78 is 0.994. The first kappa shape index (κ1) is 18.2. The van der Waals surface area contributed by atoms with Gasteiger partial charge >= 0.3 is 0 Å². The van der Waals surface area contributed by atoms with Crippen molar-refractivity contribution in [2.24, 2.45) is 5.41 Å². The van der Waals surface area contributed by atoms with Gasteiger partial charge in [0.05, 0.1) is 11.5 Å². The predicted octanol–water partition coefficient (Wildman–Crippen LogP) is 3.27. The molecule has 0 unspecified atom stereocenters. The van der Waals surface area contributed by atoms with E-state index in [1.807, 2.05) is 6.20 Å². The van der Waals surface area contributed by atoms with Crippen molar-refractivity contribution >= 4 is 27.7 Å². The molecule has 2 saturated heterocycles. The average Bonchev–Trinajstić information content (AvgIpc) is 2.92. The highest BCUT2D eigenvalue weighted by Crippen LogP contribution is 2.43. The number of aliphatic hydroxyl groups is 1. The maximum atomic E-state index is 13.4. The molecule has 6 heteroatoms. The lowest BCUT2D eigenvalue weighted by atomic mass is 9.78. The number of pyridine rings is 1. The summed E-state index contributed by atoms with van der Waals surface area (Å²) in [5.41, 5.74) is 0.912. The van der Waals surface area contributed by atoms with Crippen molar-refractivity contribution in [3.05, 3.63) is 22.3 Å². The van der Waals surface area contributed by atoms with Crippen molar-refractivity contribution in [2.45, 2.75) is 64.0 Å². The van der Waals surface area contributed by atoms with Crippen LogP contribution in [0.2, 0.25) is 0 Å². The lowest BCUT2D eigenvalue weighted by Crippen LogP contribution is -2.50. The molecule has 1 saturated carbocycles. The Morgan fingerprint density at radius 2 is 2.00 bits per heavy atom. The van der Waals surface area contributed by atoms with Crippen molar-refractivity contribution in [2.75, 3.05) is 24.5 Å². The highest BCUT2D eigenvalue weighted by atomic mass is 79.9. The Hall–Kier alpha value is -1.14. The third kappa shape index (κ3) is 3.26. The van der Waals surface area contributed by atoms with E-state index in [0.29, 0.717) is 11.9 Å². The predicted molar refractivity (Wildman–Crippen MR) is 105 cm³/mol. The van der Waals surface area contributed by atoms with Crippen LogP contribution in [0.15, 0.2) is 16.7 Å². The second-order valence-corrected chi connectivity index (χ2v) is 9.23. The molecule has 1 spiro atoms. The molecule has 1 atom stereocenters. The number of carbonyl (C=O) groups excluding carboxylic acids is 1. The van der Waals surface area contributed by atoms with E-state index in [0.717, 1.165) is 80.4 Å². The number of aryl methyl sites for hydroxylation is 1. The van der Waals surface area contributed by atoms with Crippen molar-refractivity contribution in [1.29, 1.82) is 0 Å².